The van der Waals surface area contributed by atoms with Gasteiger partial charge in [0, 0.05) is 22.1 Å². The van der Waals surface area contributed by atoms with E-state index in [2.05, 4.69) is 79.8 Å². The monoisotopic (exact) mass is 458 g/mol. The molecule has 0 amide bonds. The van der Waals surface area contributed by atoms with Crippen LogP contribution in [0.4, 0.5) is 17.1 Å². The third kappa shape index (κ3) is 3.91. The summed E-state index contributed by atoms with van der Waals surface area (Å²) in [6.45, 7) is 8.40. The molecular formula is C31H30N4. The van der Waals surface area contributed by atoms with Gasteiger partial charge in [0.15, 0.2) is 0 Å². The van der Waals surface area contributed by atoms with Gasteiger partial charge in [0.05, 0.1) is 22.2 Å². The number of nitrogen functional groups attached to an aromatic ring is 1. The van der Waals surface area contributed by atoms with Crippen molar-refractivity contribution in [3.63, 3.8) is 0 Å². The van der Waals surface area contributed by atoms with E-state index in [9.17, 15) is 0 Å². The first kappa shape index (κ1) is 22.6. The lowest BCUT2D eigenvalue weighted by atomic mass is 9.97. The summed E-state index contributed by atoms with van der Waals surface area (Å²) in [6.07, 6.45) is 0. The number of anilines is 3. The van der Waals surface area contributed by atoms with Crippen LogP contribution in [0.1, 0.15) is 39.2 Å². The molecule has 0 fully saturated rings. The SMILES string of the molecule is CC.CC(C)c1ccc(Nc2ccc(N)cc2)c2nc3c4ccccc4c4ccccc4c3nc12. The molecule has 4 nitrogen and oxygen atoms in total. The number of benzene rings is 5. The van der Waals surface area contributed by atoms with E-state index >= 15 is 0 Å². The average molecular weight is 459 g/mol. The van der Waals surface area contributed by atoms with E-state index in [1.807, 2.05) is 38.1 Å². The van der Waals surface area contributed by atoms with E-state index in [1.54, 1.807) is 0 Å². The Balaban J connectivity index is 0.00000124. The molecule has 1 aromatic heterocycles. The molecule has 0 aliphatic heterocycles. The second-order valence-electron chi connectivity index (χ2n) is 8.81. The Bertz CT molecular complexity index is 1670. The lowest BCUT2D eigenvalue weighted by Gasteiger charge is -2.16. The smallest absolute Gasteiger partial charge is 0.113 e. The minimum Gasteiger partial charge on any atom is -0.399 e. The first-order chi connectivity index (χ1) is 17.1. The van der Waals surface area contributed by atoms with E-state index in [1.165, 1.54) is 16.3 Å². The Labute approximate surface area is 205 Å². The van der Waals surface area contributed by atoms with Gasteiger partial charge in [-0.2, -0.15) is 0 Å². The quantitative estimate of drug-likeness (QED) is 0.158. The molecule has 0 atom stereocenters. The van der Waals surface area contributed by atoms with E-state index in [4.69, 9.17) is 15.7 Å². The summed E-state index contributed by atoms with van der Waals surface area (Å²) in [7, 11) is 0. The number of nitrogens with zero attached hydrogens (tertiary/aromatic N) is 2. The van der Waals surface area contributed by atoms with Crippen LogP contribution in [0, 0.1) is 0 Å². The van der Waals surface area contributed by atoms with Crippen LogP contribution in [-0.2, 0) is 0 Å². The molecule has 6 rings (SSSR count). The van der Waals surface area contributed by atoms with Gasteiger partial charge in [0.1, 0.15) is 5.52 Å². The number of hydrogen-bond donors (Lipinski definition) is 2. The van der Waals surface area contributed by atoms with Crippen LogP contribution >= 0.6 is 0 Å². The summed E-state index contributed by atoms with van der Waals surface area (Å²) in [5.74, 6) is 0.330. The summed E-state index contributed by atoms with van der Waals surface area (Å²) >= 11 is 0. The summed E-state index contributed by atoms with van der Waals surface area (Å²) in [6, 6.07) is 29.0. The maximum atomic E-state index is 5.87. The molecule has 0 saturated heterocycles. The molecule has 0 aliphatic carbocycles. The van der Waals surface area contributed by atoms with Gasteiger partial charge < -0.3 is 11.1 Å². The molecule has 0 saturated carbocycles. The maximum Gasteiger partial charge on any atom is 0.113 e. The van der Waals surface area contributed by atoms with Crippen molar-refractivity contribution >= 4 is 60.7 Å². The third-order valence-electron chi connectivity index (χ3n) is 6.32. The lowest BCUT2D eigenvalue weighted by molar-refractivity contribution is 0.873. The van der Waals surface area contributed by atoms with Crippen molar-refractivity contribution < 1.29 is 0 Å². The van der Waals surface area contributed by atoms with Crippen LogP contribution in [-0.4, -0.2) is 9.97 Å². The lowest BCUT2D eigenvalue weighted by Crippen LogP contribution is -2.00. The second kappa shape index (κ2) is 9.22. The van der Waals surface area contributed by atoms with Gasteiger partial charge in [-0.25, -0.2) is 9.97 Å². The normalized spacial score (nSPS) is 11.2. The molecule has 0 bridgehead atoms. The molecule has 4 heteroatoms. The highest BCUT2D eigenvalue weighted by Gasteiger charge is 2.17. The number of aromatic nitrogens is 2. The van der Waals surface area contributed by atoms with Crippen LogP contribution < -0.4 is 11.1 Å². The molecule has 6 aromatic rings. The second-order valence-corrected chi connectivity index (χ2v) is 8.81. The summed E-state index contributed by atoms with van der Waals surface area (Å²) in [4.78, 5) is 10.5. The van der Waals surface area contributed by atoms with Crippen LogP contribution in [0.25, 0.3) is 43.6 Å². The van der Waals surface area contributed by atoms with Gasteiger partial charge in [0.2, 0.25) is 0 Å². The molecule has 0 aliphatic rings. The zero-order chi connectivity index (χ0) is 24.5. The van der Waals surface area contributed by atoms with Gasteiger partial charge in [-0.15, -0.1) is 0 Å². The fourth-order valence-corrected chi connectivity index (χ4v) is 4.67. The summed E-state index contributed by atoms with van der Waals surface area (Å²) in [5, 5.41) is 8.18. The van der Waals surface area contributed by atoms with Gasteiger partial charge in [0.25, 0.3) is 0 Å². The standard InChI is InChI=1S/C29H24N4.C2H6/c1-17(2)20-15-16-25(31-19-13-11-18(30)12-14-19)29-26(20)32-27-23-9-5-3-7-21(23)22-8-4-6-10-24(22)28(27)33-29;1-2/h3-17,31H,30H2,1-2H3;1-2H3. The highest BCUT2D eigenvalue weighted by molar-refractivity contribution is 6.24. The predicted molar refractivity (Wildman–Crippen MR) is 152 cm³/mol. The minimum atomic E-state index is 0.330. The summed E-state index contributed by atoms with van der Waals surface area (Å²) in [5.41, 5.74) is 13.4. The van der Waals surface area contributed by atoms with E-state index < -0.39 is 0 Å². The number of hydrogen-bond acceptors (Lipinski definition) is 4. The maximum absolute atomic E-state index is 5.87. The molecule has 174 valence electrons. The number of rotatable bonds is 3. The Kier molecular flexibility index (Phi) is 5.96. The Hall–Kier alpha value is -4.18. The first-order valence-corrected chi connectivity index (χ1v) is 12.3. The van der Waals surface area contributed by atoms with Crippen molar-refractivity contribution in [2.24, 2.45) is 0 Å². The topological polar surface area (TPSA) is 63.8 Å². The molecule has 1 heterocycles. The zero-order valence-corrected chi connectivity index (χ0v) is 20.6. The van der Waals surface area contributed by atoms with E-state index in [0.717, 1.165) is 49.9 Å². The van der Waals surface area contributed by atoms with Crippen LogP contribution in [0.3, 0.4) is 0 Å². The summed E-state index contributed by atoms with van der Waals surface area (Å²) < 4.78 is 0. The van der Waals surface area contributed by atoms with Gasteiger partial charge in [-0.1, -0.05) is 82.3 Å². The van der Waals surface area contributed by atoms with Crippen LogP contribution in [0.15, 0.2) is 84.9 Å². The Morgan fingerprint density at radius 3 is 1.66 bits per heavy atom. The van der Waals surface area contributed by atoms with Crippen molar-refractivity contribution in [1.29, 1.82) is 0 Å². The first-order valence-electron chi connectivity index (χ1n) is 12.3. The molecule has 3 N–H and O–H groups in total. The Morgan fingerprint density at radius 1 is 0.600 bits per heavy atom. The molecule has 5 aromatic carbocycles. The molecule has 0 radical (unpaired) electrons. The zero-order valence-electron chi connectivity index (χ0n) is 20.6. The fraction of sp³-hybridized carbons (Fsp3) is 0.161. The van der Waals surface area contributed by atoms with E-state index in [0.29, 0.717) is 5.92 Å². The van der Waals surface area contributed by atoms with Crippen molar-refractivity contribution in [2.45, 2.75) is 33.6 Å². The molecule has 35 heavy (non-hydrogen) atoms. The highest BCUT2D eigenvalue weighted by Crippen LogP contribution is 2.37. The average Bonchev–Trinajstić information content (AvgIpc) is 2.90. The van der Waals surface area contributed by atoms with E-state index in [-0.39, 0.29) is 0 Å². The molecule has 0 spiro atoms. The van der Waals surface area contributed by atoms with Gasteiger partial charge in [-0.05, 0) is 52.6 Å². The number of nitrogens with one attached hydrogen (secondary N) is 1. The molecular weight excluding hydrogens is 428 g/mol. The van der Waals surface area contributed by atoms with Gasteiger partial charge >= 0.3 is 0 Å². The van der Waals surface area contributed by atoms with Crippen molar-refractivity contribution in [2.75, 3.05) is 11.1 Å². The van der Waals surface area contributed by atoms with Crippen LogP contribution in [0.5, 0.6) is 0 Å². The third-order valence-corrected chi connectivity index (χ3v) is 6.32. The van der Waals surface area contributed by atoms with Crippen molar-refractivity contribution in [3.8, 4) is 0 Å². The number of nitrogens with two attached hydrogens (primary N) is 1. The van der Waals surface area contributed by atoms with Crippen molar-refractivity contribution in [3.05, 3.63) is 90.5 Å². The minimum absolute atomic E-state index is 0.330. The molecule has 0 unspecified atom stereocenters. The van der Waals surface area contributed by atoms with Gasteiger partial charge in [-0.3, -0.25) is 0 Å². The number of fused-ring (bicyclic) bond motifs is 7. The van der Waals surface area contributed by atoms with Crippen LogP contribution in [0.2, 0.25) is 0 Å². The highest BCUT2D eigenvalue weighted by atomic mass is 14.9. The predicted octanol–water partition coefficient (Wildman–Crippen LogP) is 8.56. The largest absolute Gasteiger partial charge is 0.399 e. The van der Waals surface area contributed by atoms with Crippen molar-refractivity contribution in [1.82, 2.24) is 9.97 Å². The fourth-order valence-electron chi connectivity index (χ4n) is 4.67. The Morgan fingerprint density at radius 2 is 1.11 bits per heavy atom.